The molecule has 0 aromatic heterocycles. The standard InChI is InChI=1S/C10H20FN/c1-8(2)10(11)5-6-12(7-10)9(3)4/h8-9H,5-7H2,1-4H3. The lowest BCUT2D eigenvalue weighted by Crippen LogP contribution is -2.36. The molecule has 1 saturated heterocycles. The van der Waals surface area contributed by atoms with Gasteiger partial charge < -0.3 is 0 Å². The van der Waals surface area contributed by atoms with E-state index in [9.17, 15) is 4.39 Å². The largest absolute Gasteiger partial charge is 0.298 e. The van der Waals surface area contributed by atoms with E-state index >= 15 is 0 Å². The highest BCUT2D eigenvalue weighted by Crippen LogP contribution is 2.33. The van der Waals surface area contributed by atoms with E-state index in [0.717, 1.165) is 6.54 Å². The number of alkyl halides is 1. The maximum Gasteiger partial charge on any atom is 0.127 e. The van der Waals surface area contributed by atoms with Gasteiger partial charge in [-0.1, -0.05) is 13.8 Å². The van der Waals surface area contributed by atoms with Crippen LogP contribution in [0.4, 0.5) is 4.39 Å². The molecule has 1 aliphatic rings. The Morgan fingerprint density at radius 3 is 2.08 bits per heavy atom. The topological polar surface area (TPSA) is 3.24 Å². The second-order valence-corrected chi connectivity index (χ2v) is 4.50. The zero-order valence-corrected chi connectivity index (χ0v) is 8.60. The average molecular weight is 173 g/mol. The van der Waals surface area contributed by atoms with Crippen molar-refractivity contribution >= 4 is 0 Å². The van der Waals surface area contributed by atoms with Crippen LogP contribution in [0.2, 0.25) is 0 Å². The Labute approximate surface area is 74.9 Å². The maximum atomic E-state index is 14.0. The quantitative estimate of drug-likeness (QED) is 0.620. The van der Waals surface area contributed by atoms with Crippen LogP contribution >= 0.6 is 0 Å². The summed E-state index contributed by atoms with van der Waals surface area (Å²) in [6, 6.07) is 0.487. The first kappa shape index (κ1) is 9.97. The fourth-order valence-electron chi connectivity index (χ4n) is 1.74. The van der Waals surface area contributed by atoms with Gasteiger partial charge in [-0.2, -0.15) is 0 Å². The van der Waals surface area contributed by atoms with E-state index in [1.165, 1.54) is 0 Å². The molecule has 0 saturated carbocycles. The molecule has 12 heavy (non-hydrogen) atoms. The zero-order valence-electron chi connectivity index (χ0n) is 8.60. The summed E-state index contributed by atoms with van der Waals surface area (Å²) in [7, 11) is 0. The van der Waals surface area contributed by atoms with E-state index < -0.39 is 5.67 Å². The molecule has 1 rings (SSSR count). The van der Waals surface area contributed by atoms with Gasteiger partial charge in [0.1, 0.15) is 5.67 Å². The van der Waals surface area contributed by atoms with Crippen molar-refractivity contribution < 1.29 is 4.39 Å². The minimum Gasteiger partial charge on any atom is -0.298 e. The molecular weight excluding hydrogens is 153 g/mol. The lowest BCUT2D eigenvalue weighted by atomic mass is 9.92. The van der Waals surface area contributed by atoms with Crippen LogP contribution in [0, 0.1) is 5.92 Å². The summed E-state index contributed by atoms with van der Waals surface area (Å²) in [5.41, 5.74) is -0.926. The van der Waals surface area contributed by atoms with Crippen LogP contribution in [0.15, 0.2) is 0 Å². The van der Waals surface area contributed by atoms with Crippen LogP contribution in [-0.2, 0) is 0 Å². The predicted molar refractivity (Wildman–Crippen MR) is 50.0 cm³/mol. The average Bonchev–Trinajstić information content (AvgIpc) is 2.33. The van der Waals surface area contributed by atoms with Gasteiger partial charge in [-0.15, -0.1) is 0 Å². The molecule has 1 unspecified atom stereocenters. The van der Waals surface area contributed by atoms with Crippen molar-refractivity contribution in [2.75, 3.05) is 13.1 Å². The summed E-state index contributed by atoms with van der Waals surface area (Å²) >= 11 is 0. The van der Waals surface area contributed by atoms with E-state index in [2.05, 4.69) is 18.7 Å². The monoisotopic (exact) mass is 173 g/mol. The Bertz CT molecular complexity index is 156. The highest BCUT2D eigenvalue weighted by Gasteiger charge is 2.41. The van der Waals surface area contributed by atoms with Crippen LogP contribution in [0.3, 0.4) is 0 Å². The van der Waals surface area contributed by atoms with Crippen molar-refractivity contribution in [3.63, 3.8) is 0 Å². The lowest BCUT2D eigenvalue weighted by Gasteiger charge is -2.26. The molecule has 0 aromatic carbocycles. The highest BCUT2D eigenvalue weighted by atomic mass is 19.1. The summed E-state index contributed by atoms with van der Waals surface area (Å²) < 4.78 is 14.0. The third-order valence-corrected chi connectivity index (χ3v) is 3.05. The molecule has 72 valence electrons. The number of rotatable bonds is 2. The number of likely N-dealkylation sites (tertiary alicyclic amines) is 1. The van der Waals surface area contributed by atoms with Gasteiger partial charge in [-0.05, 0) is 26.2 Å². The molecule has 1 nitrogen and oxygen atoms in total. The molecule has 1 heterocycles. The third-order valence-electron chi connectivity index (χ3n) is 3.05. The van der Waals surface area contributed by atoms with Crippen LogP contribution in [0.25, 0.3) is 0 Å². The Balaban J connectivity index is 2.55. The molecule has 0 bridgehead atoms. The molecule has 1 fully saturated rings. The molecule has 0 amide bonds. The Morgan fingerprint density at radius 1 is 1.25 bits per heavy atom. The van der Waals surface area contributed by atoms with Crippen molar-refractivity contribution in [2.45, 2.75) is 45.8 Å². The van der Waals surface area contributed by atoms with Crippen LogP contribution in [-0.4, -0.2) is 29.7 Å². The molecule has 0 aromatic rings. The van der Waals surface area contributed by atoms with Crippen molar-refractivity contribution in [1.29, 1.82) is 0 Å². The minimum absolute atomic E-state index is 0.154. The summed E-state index contributed by atoms with van der Waals surface area (Å²) in [5, 5.41) is 0. The summed E-state index contributed by atoms with van der Waals surface area (Å²) in [4.78, 5) is 2.22. The second kappa shape index (κ2) is 3.33. The summed E-state index contributed by atoms with van der Waals surface area (Å²) in [6.45, 7) is 9.76. The van der Waals surface area contributed by atoms with Gasteiger partial charge in [0.05, 0.1) is 0 Å². The Morgan fingerprint density at radius 2 is 1.83 bits per heavy atom. The second-order valence-electron chi connectivity index (χ2n) is 4.50. The van der Waals surface area contributed by atoms with E-state index in [1.54, 1.807) is 0 Å². The Hall–Kier alpha value is -0.110. The van der Waals surface area contributed by atoms with E-state index in [1.807, 2.05) is 13.8 Å². The first-order chi connectivity index (χ1) is 5.46. The molecule has 1 aliphatic heterocycles. The molecule has 1 atom stereocenters. The van der Waals surface area contributed by atoms with Gasteiger partial charge in [0.15, 0.2) is 0 Å². The van der Waals surface area contributed by atoms with E-state index in [0.29, 0.717) is 19.0 Å². The zero-order chi connectivity index (χ0) is 9.35. The molecule has 0 spiro atoms. The third kappa shape index (κ3) is 1.79. The SMILES string of the molecule is CC(C)N1CCC(F)(C(C)C)C1. The van der Waals surface area contributed by atoms with Crippen molar-refractivity contribution in [2.24, 2.45) is 5.92 Å². The lowest BCUT2D eigenvalue weighted by molar-refractivity contribution is 0.101. The van der Waals surface area contributed by atoms with Crippen molar-refractivity contribution in [3.8, 4) is 0 Å². The normalized spacial score (nSPS) is 32.2. The number of nitrogens with zero attached hydrogens (tertiary/aromatic N) is 1. The van der Waals surface area contributed by atoms with Gasteiger partial charge in [0.25, 0.3) is 0 Å². The van der Waals surface area contributed by atoms with Gasteiger partial charge in [0.2, 0.25) is 0 Å². The van der Waals surface area contributed by atoms with Crippen molar-refractivity contribution in [1.82, 2.24) is 4.90 Å². The van der Waals surface area contributed by atoms with Crippen LogP contribution in [0.1, 0.15) is 34.1 Å². The fraction of sp³-hybridized carbons (Fsp3) is 1.00. The smallest absolute Gasteiger partial charge is 0.127 e. The summed E-state index contributed by atoms with van der Waals surface area (Å²) in [5.74, 6) is 0.154. The molecule has 0 radical (unpaired) electrons. The molecular formula is C10H20FN. The Kier molecular flexibility index (Phi) is 2.77. The van der Waals surface area contributed by atoms with Crippen LogP contribution in [0.5, 0.6) is 0 Å². The maximum absolute atomic E-state index is 14.0. The van der Waals surface area contributed by atoms with Gasteiger partial charge in [0, 0.05) is 19.1 Å². The fourth-order valence-corrected chi connectivity index (χ4v) is 1.74. The van der Waals surface area contributed by atoms with Gasteiger partial charge in [-0.3, -0.25) is 4.90 Å². The molecule has 0 N–H and O–H groups in total. The van der Waals surface area contributed by atoms with Crippen molar-refractivity contribution in [3.05, 3.63) is 0 Å². The number of hydrogen-bond donors (Lipinski definition) is 0. The first-order valence-electron chi connectivity index (χ1n) is 4.88. The molecule has 0 aliphatic carbocycles. The molecule has 2 heteroatoms. The first-order valence-corrected chi connectivity index (χ1v) is 4.88. The highest BCUT2D eigenvalue weighted by molar-refractivity contribution is 4.93. The van der Waals surface area contributed by atoms with Gasteiger partial charge >= 0.3 is 0 Å². The van der Waals surface area contributed by atoms with Gasteiger partial charge in [-0.25, -0.2) is 4.39 Å². The number of hydrogen-bond acceptors (Lipinski definition) is 1. The summed E-state index contributed by atoms with van der Waals surface area (Å²) in [6.07, 6.45) is 0.711. The van der Waals surface area contributed by atoms with E-state index in [4.69, 9.17) is 0 Å². The number of halogens is 1. The van der Waals surface area contributed by atoms with Crippen LogP contribution < -0.4 is 0 Å². The predicted octanol–water partition coefficient (Wildman–Crippen LogP) is 2.46. The minimum atomic E-state index is -0.926. The van der Waals surface area contributed by atoms with E-state index in [-0.39, 0.29) is 5.92 Å².